The Morgan fingerprint density at radius 2 is 1.67 bits per heavy atom. The van der Waals surface area contributed by atoms with E-state index >= 15 is 0 Å². The Bertz CT molecular complexity index is 737. The molecule has 0 radical (unpaired) electrons. The van der Waals surface area contributed by atoms with E-state index in [2.05, 4.69) is 58.2 Å². The maximum atomic E-state index is 4.74. The molecule has 0 bridgehead atoms. The maximum absolute atomic E-state index is 4.74. The van der Waals surface area contributed by atoms with Gasteiger partial charge in [0.1, 0.15) is 5.82 Å². The van der Waals surface area contributed by atoms with Crippen LogP contribution < -0.4 is 15.1 Å². The summed E-state index contributed by atoms with van der Waals surface area (Å²) in [7, 11) is 0. The lowest BCUT2D eigenvalue weighted by atomic mass is 9.99. The number of benzene rings is 1. The molecule has 2 aliphatic heterocycles. The number of anilines is 4. The van der Waals surface area contributed by atoms with Crippen molar-refractivity contribution in [2.45, 2.75) is 39.5 Å². The van der Waals surface area contributed by atoms with Crippen molar-refractivity contribution in [3.63, 3.8) is 0 Å². The largest absolute Gasteiger partial charge is 0.372 e. The summed E-state index contributed by atoms with van der Waals surface area (Å²) in [6, 6.07) is 10.7. The normalized spacial score (nSPS) is 21.3. The first-order valence-corrected chi connectivity index (χ1v) is 10.4. The van der Waals surface area contributed by atoms with Gasteiger partial charge in [0.25, 0.3) is 0 Å². The molecule has 0 saturated carbocycles. The summed E-state index contributed by atoms with van der Waals surface area (Å²) in [6.45, 7) is 9.09. The number of nitrogens with zero attached hydrogens (tertiary/aromatic N) is 4. The van der Waals surface area contributed by atoms with Crippen molar-refractivity contribution in [3.05, 3.63) is 36.5 Å². The van der Waals surface area contributed by atoms with Crippen LogP contribution in [0.1, 0.15) is 39.5 Å². The molecule has 0 spiro atoms. The standard InChI is InChI=1S/C22H31N5/c1-17-10-14-26(15-11-17)20-7-5-19(6-8-20)24-21-9-12-23-22(25-21)27-13-3-4-18(2)16-27/h5-9,12,17-18H,3-4,10-11,13-16H2,1-2H3,(H,23,24,25). The predicted molar refractivity (Wildman–Crippen MR) is 113 cm³/mol. The minimum absolute atomic E-state index is 0.712. The summed E-state index contributed by atoms with van der Waals surface area (Å²) in [5.74, 6) is 3.27. The second kappa shape index (κ2) is 8.15. The van der Waals surface area contributed by atoms with E-state index in [4.69, 9.17) is 4.98 Å². The summed E-state index contributed by atoms with van der Waals surface area (Å²) in [4.78, 5) is 14.0. The van der Waals surface area contributed by atoms with Gasteiger partial charge >= 0.3 is 0 Å². The summed E-state index contributed by atoms with van der Waals surface area (Å²) in [5.41, 5.74) is 2.39. The average molecular weight is 366 g/mol. The van der Waals surface area contributed by atoms with Crippen LogP contribution in [-0.2, 0) is 0 Å². The molecular formula is C22H31N5. The maximum Gasteiger partial charge on any atom is 0.227 e. The number of rotatable bonds is 4. The van der Waals surface area contributed by atoms with E-state index < -0.39 is 0 Å². The number of hydrogen-bond donors (Lipinski definition) is 1. The first-order chi connectivity index (χ1) is 13.2. The Morgan fingerprint density at radius 1 is 0.889 bits per heavy atom. The van der Waals surface area contributed by atoms with Gasteiger partial charge in [-0.15, -0.1) is 0 Å². The second-order valence-corrected chi connectivity index (χ2v) is 8.28. The number of hydrogen-bond acceptors (Lipinski definition) is 5. The molecule has 0 amide bonds. The highest BCUT2D eigenvalue weighted by atomic mass is 15.3. The van der Waals surface area contributed by atoms with Crippen molar-refractivity contribution >= 4 is 23.1 Å². The molecule has 27 heavy (non-hydrogen) atoms. The Labute approximate surface area is 162 Å². The molecule has 4 rings (SSSR count). The van der Waals surface area contributed by atoms with Gasteiger partial charge < -0.3 is 15.1 Å². The van der Waals surface area contributed by atoms with Crippen LogP contribution in [0.2, 0.25) is 0 Å². The molecule has 1 aromatic heterocycles. The fourth-order valence-corrected chi connectivity index (χ4v) is 4.11. The average Bonchev–Trinajstić information content (AvgIpc) is 2.70. The fourth-order valence-electron chi connectivity index (χ4n) is 4.11. The van der Waals surface area contributed by atoms with Crippen LogP contribution >= 0.6 is 0 Å². The zero-order valence-corrected chi connectivity index (χ0v) is 16.6. The third-order valence-corrected chi connectivity index (χ3v) is 5.87. The molecule has 2 fully saturated rings. The van der Waals surface area contributed by atoms with E-state index in [1.165, 1.54) is 31.4 Å². The van der Waals surface area contributed by atoms with Crippen LogP contribution in [0.15, 0.2) is 36.5 Å². The summed E-state index contributed by atoms with van der Waals surface area (Å²) in [6.07, 6.45) is 6.96. The molecule has 144 valence electrons. The molecule has 2 aromatic rings. The van der Waals surface area contributed by atoms with E-state index in [1.807, 2.05) is 12.3 Å². The van der Waals surface area contributed by atoms with Crippen molar-refractivity contribution in [1.29, 1.82) is 0 Å². The van der Waals surface area contributed by atoms with Crippen molar-refractivity contribution in [3.8, 4) is 0 Å². The van der Waals surface area contributed by atoms with Gasteiger partial charge in [-0.2, -0.15) is 4.98 Å². The van der Waals surface area contributed by atoms with Crippen LogP contribution in [0.3, 0.4) is 0 Å². The molecule has 1 aromatic carbocycles. The van der Waals surface area contributed by atoms with Gasteiger partial charge in [0.2, 0.25) is 5.95 Å². The van der Waals surface area contributed by atoms with Crippen LogP contribution in [0, 0.1) is 11.8 Å². The Kier molecular flexibility index (Phi) is 5.46. The monoisotopic (exact) mass is 365 g/mol. The summed E-state index contributed by atoms with van der Waals surface area (Å²) in [5, 5.41) is 3.44. The van der Waals surface area contributed by atoms with Crippen LogP contribution in [0.5, 0.6) is 0 Å². The Hall–Kier alpha value is -2.30. The Balaban J connectivity index is 1.41. The molecule has 2 saturated heterocycles. The third-order valence-electron chi connectivity index (χ3n) is 5.87. The van der Waals surface area contributed by atoms with E-state index in [-0.39, 0.29) is 0 Å². The number of nitrogens with one attached hydrogen (secondary N) is 1. The van der Waals surface area contributed by atoms with Gasteiger partial charge in [0.05, 0.1) is 0 Å². The highest BCUT2D eigenvalue weighted by Gasteiger charge is 2.19. The number of piperidine rings is 2. The molecule has 1 N–H and O–H groups in total. The first kappa shape index (κ1) is 18.1. The molecule has 3 heterocycles. The van der Waals surface area contributed by atoms with Gasteiger partial charge in [-0.1, -0.05) is 13.8 Å². The van der Waals surface area contributed by atoms with Gasteiger partial charge in [0, 0.05) is 43.8 Å². The minimum Gasteiger partial charge on any atom is -0.372 e. The molecule has 2 aliphatic rings. The van der Waals surface area contributed by atoms with Crippen LogP contribution in [0.4, 0.5) is 23.1 Å². The van der Waals surface area contributed by atoms with Crippen LogP contribution in [0.25, 0.3) is 0 Å². The topological polar surface area (TPSA) is 44.3 Å². The summed E-state index contributed by atoms with van der Waals surface area (Å²) < 4.78 is 0. The SMILES string of the molecule is CC1CCN(c2ccc(Nc3ccnc(N4CCCC(C)C4)n3)cc2)CC1. The molecule has 0 aliphatic carbocycles. The van der Waals surface area contributed by atoms with Crippen molar-refractivity contribution < 1.29 is 0 Å². The fraction of sp³-hybridized carbons (Fsp3) is 0.545. The predicted octanol–water partition coefficient (Wildman–Crippen LogP) is 4.69. The molecule has 5 heteroatoms. The lowest BCUT2D eigenvalue weighted by molar-refractivity contribution is 0.438. The van der Waals surface area contributed by atoms with E-state index in [0.29, 0.717) is 5.92 Å². The highest BCUT2D eigenvalue weighted by Crippen LogP contribution is 2.26. The van der Waals surface area contributed by atoms with Gasteiger partial charge in [0.15, 0.2) is 0 Å². The first-order valence-electron chi connectivity index (χ1n) is 10.4. The zero-order valence-electron chi connectivity index (χ0n) is 16.6. The quantitative estimate of drug-likeness (QED) is 0.851. The summed E-state index contributed by atoms with van der Waals surface area (Å²) >= 11 is 0. The lowest BCUT2D eigenvalue weighted by Gasteiger charge is -2.32. The smallest absolute Gasteiger partial charge is 0.227 e. The Morgan fingerprint density at radius 3 is 2.41 bits per heavy atom. The zero-order chi connectivity index (χ0) is 18.6. The van der Waals surface area contributed by atoms with Gasteiger partial charge in [-0.25, -0.2) is 4.98 Å². The highest BCUT2D eigenvalue weighted by molar-refractivity contribution is 5.61. The van der Waals surface area contributed by atoms with Crippen molar-refractivity contribution in [1.82, 2.24) is 9.97 Å². The van der Waals surface area contributed by atoms with Gasteiger partial charge in [-0.05, 0) is 67.9 Å². The van der Waals surface area contributed by atoms with E-state index in [0.717, 1.165) is 49.6 Å². The second-order valence-electron chi connectivity index (χ2n) is 8.28. The van der Waals surface area contributed by atoms with Crippen molar-refractivity contribution in [2.75, 3.05) is 41.3 Å². The molecular weight excluding hydrogens is 334 g/mol. The third kappa shape index (κ3) is 4.52. The van der Waals surface area contributed by atoms with E-state index in [9.17, 15) is 0 Å². The number of aromatic nitrogens is 2. The van der Waals surface area contributed by atoms with E-state index in [1.54, 1.807) is 0 Å². The molecule has 5 nitrogen and oxygen atoms in total. The molecule has 1 unspecified atom stereocenters. The van der Waals surface area contributed by atoms with Crippen molar-refractivity contribution in [2.24, 2.45) is 11.8 Å². The lowest BCUT2D eigenvalue weighted by Crippen LogP contribution is -2.35. The van der Waals surface area contributed by atoms with Gasteiger partial charge in [-0.3, -0.25) is 0 Å². The molecule has 1 atom stereocenters. The minimum atomic E-state index is 0.712. The van der Waals surface area contributed by atoms with Crippen LogP contribution in [-0.4, -0.2) is 36.1 Å².